The molecule has 5 aromatic carbocycles. The minimum atomic E-state index is -0.718. The molecule has 6 aromatic rings. The summed E-state index contributed by atoms with van der Waals surface area (Å²) in [5, 5.41) is 11.2. The van der Waals surface area contributed by atoms with Crippen molar-refractivity contribution in [3.05, 3.63) is 166 Å². The van der Waals surface area contributed by atoms with Gasteiger partial charge in [-0.15, -0.1) is 0 Å². The predicted octanol–water partition coefficient (Wildman–Crippen LogP) is 7.75. The first-order valence-corrected chi connectivity index (χ1v) is 16.8. The summed E-state index contributed by atoms with van der Waals surface area (Å²) in [5.74, 6) is 0.505. The minimum absolute atomic E-state index is 0.0670. The van der Waals surface area contributed by atoms with Gasteiger partial charge in [-0.1, -0.05) is 121 Å². The Morgan fingerprint density at radius 2 is 1.22 bits per heavy atom. The third-order valence-corrected chi connectivity index (χ3v) is 9.19. The molecule has 0 spiro atoms. The first kappa shape index (κ1) is 32.0. The first-order chi connectivity index (χ1) is 24.6. The van der Waals surface area contributed by atoms with Crippen molar-refractivity contribution in [2.75, 3.05) is 6.61 Å². The van der Waals surface area contributed by atoms with Gasteiger partial charge in [0.1, 0.15) is 47.1 Å². The molecule has 1 N–H and O–H groups in total. The molecule has 0 aliphatic carbocycles. The highest BCUT2D eigenvalue weighted by atomic mass is 16.6. The zero-order valence-electron chi connectivity index (χ0n) is 27.2. The van der Waals surface area contributed by atoms with Gasteiger partial charge in [-0.25, -0.2) is 0 Å². The van der Waals surface area contributed by atoms with E-state index in [1.165, 1.54) is 12.1 Å². The van der Waals surface area contributed by atoms with E-state index in [0.29, 0.717) is 36.9 Å². The molecule has 0 bridgehead atoms. The van der Waals surface area contributed by atoms with Crippen LogP contribution in [-0.4, -0.2) is 36.1 Å². The van der Waals surface area contributed by atoms with Crippen molar-refractivity contribution in [1.82, 2.24) is 0 Å². The third kappa shape index (κ3) is 6.54. The van der Waals surface area contributed by atoms with Crippen molar-refractivity contribution in [2.45, 2.75) is 50.3 Å². The maximum absolute atomic E-state index is 13.5. The number of aromatic hydroxyl groups is 1. The summed E-state index contributed by atoms with van der Waals surface area (Å²) in [5.41, 5.74) is 4.15. The van der Waals surface area contributed by atoms with Crippen LogP contribution in [0, 0.1) is 0 Å². The highest BCUT2D eigenvalue weighted by Gasteiger charge is 2.54. The molecule has 1 aromatic heterocycles. The van der Waals surface area contributed by atoms with Crippen LogP contribution in [0.4, 0.5) is 0 Å². The second-order valence-electron chi connectivity index (χ2n) is 12.6. The third-order valence-electron chi connectivity index (χ3n) is 9.19. The van der Waals surface area contributed by atoms with Crippen molar-refractivity contribution in [3.8, 4) is 22.8 Å². The Morgan fingerprint density at radius 3 is 1.84 bits per heavy atom. The van der Waals surface area contributed by atoms with Crippen molar-refractivity contribution < 1.29 is 33.2 Å². The van der Waals surface area contributed by atoms with Gasteiger partial charge < -0.3 is 33.2 Å². The molecule has 0 radical (unpaired) electrons. The standard InChI is InChI=1S/C42H36O8/c43-31-21-33(30-19-11-4-12-20-30)48-39-36(31)32(44)22-34-37(39)40-42(49-34)41(47-25-29-17-9-3-10-18-29)38(46-24-28-15-7-2-8-16-28)35(50-40)26-45-23-27-13-5-1-6-14-27/h1-22,35,38,40-42,44H,23-26H2/t35-,38-,40+,41+,42-/m1/s1. The Labute approximate surface area is 289 Å². The van der Waals surface area contributed by atoms with Gasteiger partial charge in [0, 0.05) is 17.7 Å². The van der Waals surface area contributed by atoms with Crippen LogP contribution >= 0.6 is 0 Å². The maximum atomic E-state index is 13.5. The van der Waals surface area contributed by atoms with Crippen LogP contribution in [0.2, 0.25) is 0 Å². The molecular formula is C42H36O8. The molecule has 0 saturated carbocycles. The van der Waals surface area contributed by atoms with Gasteiger partial charge in [-0.05, 0) is 16.7 Å². The summed E-state index contributed by atoms with van der Waals surface area (Å²) >= 11 is 0. The Morgan fingerprint density at radius 1 is 0.660 bits per heavy atom. The topological polar surface area (TPSA) is 96.6 Å². The highest BCUT2D eigenvalue weighted by molar-refractivity contribution is 5.90. The summed E-state index contributed by atoms with van der Waals surface area (Å²) in [6, 6.07) is 42.0. The Balaban J connectivity index is 1.19. The molecule has 3 heterocycles. The van der Waals surface area contributed by atoms with Gasteiger partial charge >= 0.3 is 0 Å². The number of benzene rings is 5. The van der Waals surface area contributed by atoms with Crippen LogP contribution in [0.15, 0.2) is 143 Å². The van der Waals surface area contributed by atoms with E-state index in [1.54, 1.807) is 0 Å². The maximum Gasteiger partial charge on any atom is 0.197 e. The molecular weight excluding hydrogens is 632 g/mol. The quantitative estimate of drug-likeness (QED) is 0.150. The Bertz CT molecular complexity index is 2100. The van der Waals surface area contributed by atoms with Crippen molar-refractivity contribution in [2.24, 2.45) is 0 Å². The van der Waals surface area contributed by atoms with E-state index < -0.39 is 30.5 Å². The van der Waals surface area contributed by atoms with Gasteiger partial charge in [-0.3, -0.25) is 4.79 Å². The Kier molecular flexibility index (Phi) is 9.15. The number of hydrogen-bond acceptors (Lipinski definition) is 8. The van der Waals surface area contributed by atoms with Crippen LogP contribution in [0.3, 0.4) is 0 Å². The van der Waals surface area contributed by atoms with Crippen LogP contribution in [-0.2, 0) is 38.8 Å². The van der Waals surface area contributed by atoms with E-state index in [2.05, 4.69) is 0 Å². The summed E-state index contributed by atoms with van der Waals surface area (Å²) in [7, 11) is 0. The monoisotopic (exact) mass is 668 g/mol. The van der Waals surface area contributed by atoms with Crippen molar-refractivity contribution >= 4 is 11.0 Å². The number of ether oxygens (including phenoxy) is 5. The van der Waals surface area contributed by atoms with E-state index in [9.17, 15) is 9.90 Å². The number of phenols is 1. The smallest absolute Gasteiger partial charge is 0.197 e. The van der Waals surface area contributed by atoms with Crippen molar-refractivity contribution in [3.63, 3.8) is 0 Å². The lowest BCUT2D eigenvalue weighted by atomic mass is 9.91. The number of hydrogen-bond donors (Lipinski definition) is 1. The predicted molar refractivity (Wildman–Crippen MR) is 188 cm³/mol. The van der Waals surface area contributed by atoms with Gasteiger partial charge in [0.15, 0.2) is 17.1 Å². The molecule has 2 aliphatic heterocycles. The lowest BCUT2D eigenvalue weighted by Crippen LogP contribution is -2.57. The Hall–Kier alpha value is -5.25. The second kappa shape index (κ2) is 14.3. The summed E-state index contributed by atoms with van der Waals surface area (Å²) in [6.07, 6.45) is -3.22. The minimum Gasteiger partial charge on any atom is -0.507 e. The van der Waals surface area contributed by atoms with Crippen LogP contribution in [0.5, 0.6) is 11.5 Å². The van der Waals surface area contributed by atoms with Gasteiger partial charge in [0.05, 0.1) is 32.0 Å². The van der Waals surface area contributed by atoms with Gasteiger partial charge in [-0.2, -0.15) is 0 Å². The fourth-order valence-corrected chi connectivity index (χ4v) is 6.77. The van der Waals surface area contributed by atoms with Crippen molar-refractivity contribution in [1.29, 1.82) is 0 Å². The molecule has 5 atom stereocenters. The molecule has 50 heavy (non-hydrogen) atoms. The molecule has 252 valence electrons. The normalized spacial score (nSPS) is 21.0. The first-order valence-electron chi connectivity index (χ1n) is 16.8. The van der Waals surface area contributed by atoms with Crippen LogP contribution < -0.4 is 10.2 Å². The molecule has 1 fully saturated rings. The average Bonchev–Trinajstić information content (AvgIpc) is 3.52. The summed E-state index contributed by atoms with van der Waals surface area (Å²) in [4.78, 5) is 13.5. The zero-order chi connectivity index (χ0) is 33.9. The van der Waals surface area contributed by atoms with E-state index in [4.69, 9.17) is 28.1 Å². The van der Waals surface area contributed by atoms with E-state index in [1.807, 2.05) is 121 Å². The zero-order valence-corrected chi connectivity index (χ0v) is 27.2. The molecule has 2 aliphatic rings. The lowest BCUT2D eigenvalue weighted by Gasteiger charge is -2.43. The summed E-state index contributed by atoms with van der Waals surface area (Å²) in [6.45, 7) is 1.21. The number of rotatable bonds is 11. The van der Waals surface area contributed by atoms with E-state index in [0.717, 1.165) is 22.3 Å². The fraction of sp³-hybridized carbons (Fsp3) is 0.214. The SMILES string of the molecule is O=c1cc(-c2ccccc2)oc2c3c(cc(O)c12)O[C@H]1[C@@H](OCc2ccccc2)[C@H](OCc2ccccc2)[C@@H](COCc2ccccc2)O[C@@H]31. The van der Waals surface area contributed by atoms with Gasteiger partial charge in [0.2, 0.25) is 0 Å². The van der Waals surface area contributed by atoms with Gasteiger partial charge in [0.25, 0.3) is 0 Å². The molecule has 1 saturated heterocycles. The second-order valence-corrected chi connectivity index (χ2v) is 12.6. The number of fused-ring (bicyclic) bond motifs is 5. The average molecular weight is 669 g/mol. The van der Waals surface area contributed by atoms with Crippen LogP contribution in [0.1, 0.15) is 28.4 Å². The largest absolute Gasteiger partial charge is 0.507 e. The highest BCUT2D eigenvalue weighted by Crippen LogP contribution is 2.51. The number of phenolic OH excluding ortho intramolecular Hbond substituents is 1. The fourth-order valence-electron chi connectivity index (χ4n) is 6.77. The van der Waals surface area contributed by atoms with E-state index in [-0.39, 0.29) is 28.8 Å². The van der Waals surface area contributed by atoms with Crippen LogP contribution in [0.25, 0.3) is 22.3 Å². The van der Waals surface area contributed by atoms with E-state index >= 15 is 0 Å². The molecule has 8 nitrogen and oxygen atoms in total. The molecule has 0 unspecified atom stereocenters. The molecule has 8 heteroatoms. The summed E-state index contributed by atoms with van der Waals surface area (Å²) < 4.78 is 39.6. The molecule has 0 amide bonds. The lowest BCUT2D eigenvalue weighted by molar-refractivity contribution is -0.250. The molecule has 8 rings (SSSR count).